The van der Waals surface area contributed by atoms with E-state index in [0.29, 0.717) is 31.8 Å². The molecule has 3 atom stereocenters. The number of carbonyl (C=O) groups is 4. The number of piperazine rings is 1. The molecule has 4 fully saturated rings. The van der Waals surface area contributed by atoms with Crippen LogP contribution in [0.3, 0.4) is 0 Å². The first-order valence-corrected chi connectivity index (χ1v) is 21.5. The molecular weight excluding hydrogens is 826 g/mol. The Kier molecular flexibility index (Phi) is 13.0. The van der Waals surface area contributed by atoms with Crippen LogP contribution in [0.25, 0.3) is 10.9 Å². The molecule has 1 saturated carbocycles. The van der Waals surface area contributed by atoms with Gasteiger partial charge < -0.3 is 24.6 Å². The molecule has 19 heteroatoms. The minimum atomic E-state index is -4.77. The fourth-order valence-electron chi connectivity index (χ4n) is 9.81. The second kappa shape index (κ2) is 17.9. The summed E-state index contributed by atoms with van der Waals surface area (Å²) in [7, 11) is 1.80. The molecule has 3 saturated heterocycles. The Morgan fingerprint density at radius 1 is 1.10 bits per heavy atom. The van der Waals surface area contributed by atoms with E-state index in [1.165, 1.54) is 11.0 Å². The van der Waals surface area contributed by atoms with Gasteiger partial charge in [0.1, 0.15) is 11.8 Å². The van der Waals surface area contributed by atoms with Crippen LogP contribution in [0.1, 0.15) is 77.3 Å². The van der Waals surface area contributed by atoms with E-state index in [4.69, 9.17) is 17.0 Å². The van der Waals surface area contributed by atoms with Gasteiger partial charge in [-0.2, -0.15) is 23.5 Å². The van der Waals surface area contributed by atoms with Crippen LogP contribution >= 0.6 is 12.2 Å². The Bertz CT molecular complexity index is 2260. The fraction of sp³-hybridized carbons (Fsp3) is 0.558. The molecule has 1 aliphatic carbocycles. The number of para-hydroxylation sites is 1. The Morgan fingerprint density at radius 2 is 1.81 bits per heavy atom. The molecule has 4 amide bonds. The number of imide groups is 1. The van der Waals surface area contributed by atoms with Crippen LogP contribution in [0.4, 0.5) is 35.2 Å². The quantitative estimate of drug-likeness (QED) is 0.128. The van der Waals surface area contributed by atoms with Crippen molar-refractivity contribution in [3.63, 3.8) is 0 Å². The number of hydrogen-bond donors (Lipinski definition) is 2. The van der Waals surface area contributed by atoms with E-state index < -0.39 is 34.8 Å². The Morgan fingerprint density at radius 3 is 2.45 bits per heavy atom. The predicted octanol–water partition coefficient (Wildman–Crippen LogP) is 5.41. The van der Waals surface area contributed by atoms with Gasteiger partial charge in [0, 0.05) is 76.3 Å². The van der Waals surface area contributed by atoms with Gasteiger partial charge in [-0.15, -0.1) is 0 Å². The fourth-order valence-corrected chi connectivity index (χ4v) is 10.4. The summed E-state index contributed by atoms with van der Waals surface area (Å²) in [4.78, 5) is 59.7. The average Bonchev–Trinajstić information content (AvgIpc) is 3.65. The molecule has 2 N–H and O–H groups in total. The van der Waals surface area contributed by atoms with Crippen LogP contribution in [0.15, 0.2) is 36.4 Å². The summed E-state index contributed by atoms with van der Waals surface area (Å²) in [5.41, 5.74) is -1.13. The molecule has 7 rings (SSSR count). The van der Waals surface area contributed by atoms with E-state index in [1.54, 1.807) is 31.6 Å². The SMILES string of the molecule is C[C@@H]1CN(CCCOC2CCC(N3C(=S)N(c4ccc(C#N)c(C(F)(F)F)c4)C(=O)C3(C)C)CC2)C[C@H](C)N1C(C=O)CNc1cccc2c(N3CCC(=O)NC3=O)nn(C)c12. The molecule has 4 heterocycles. The van der Waals surface area contributed by atoms with E-state index in [9.17, 15) is 37.6 Å². The van der Waals surface area contributed by atoms with Crippen molar-refractivity contribution in [1.29, 1.82) is 5.26 Å². The summed E-state index contributed by atoms with van der Waals surface area (Å²) in [6.45, 7) is 11.4. The monoisotopic (exact) mass is 878 g/mol. The number of urea groups is 1. The number of carbonyl (C=O) groups excluding carboxylic acids is 4. The smallest absolute Gasteiger partial charge is 0.381 e. The molecular formula is C43H53F3N10O5S. The normalized spacial score (nSPS) is 24.4. The summed E-state index contributed by atoms with van der Waals surface area (Å²) >= 11 is 5.75. The van der Waals surface area contributed by atoms with E-state index in [1.807, 2.05) is 23.1 Å². The van der Waals surface area contributed by atoms with Crippen LogP contribution in [0, 0.1) is 11.3 Å². The number of amides is 4. The molecule has 1 unspecified atom stereocenters. The molecule has 4 aliphatic rings. The van der Waals surface area contributed by atoms with Gasteiger partial charge in [-0.3, -0.25) is 34.3 Å². The third-order valence-corrected chi connectivity index (χ3v) is 13.0. The zero-order valence-electron chi connectivity index (χ0n) is 35.6. The highest BCUT2D eigenvalue weighted by Crippen LogP contribution is 2.41. The number of aromatic nitrogens is 2. The molecule has 3 aromatic rings. The van der Waals surface area contributed by atoms with Gasteiger partial charge in [0.2, 0.25) is 5.91 Å². The lowest BCUT2D eigenvalue weighted by Gasteiger charge is -2.47. The second-order valence-corrected chi connectivity index (χ2v) is 17.6. The van der Waals surface area contributed by atoms with E-state index in [2.05, 4.69) is 39.4 Å². The number of rotatable bonds is 13. The molecule has 0 radical (unpaired) electrons. The van der Waals surface area contributed by atoms with Gasteiger partial charge in [0.15, 0.2) is 10.9 Å². The van der Waals surface area contributed by atoms with Crippen molar-refractivity contribution in [2.45, 2.75) is 108 Å². The number of benzene rings is 2. The number of aldehydes is 1. The van der Waals surface area contributed by atoms with Gasteiger partial charge in [0.05, 0.1) is 46.2 Å². The summed E-state index contributed by atoms with van der Waals surface area (Å²) in [6, 6.07) is 9.74. The first-order valence-electron chi connectivity index (χ1n) is 21.1. The molecule has 15 nitrogen and oxygen atoms in total. The number of nitrogens with one attached hydrogen (secondary N) is 2. The van der Waals surface area contributed by atoms with Gasteiger partial charge in [-0.05, 0) is 102 Å². The van der Waals surface area contributed by atoms with Gasteiger partial charge in [-0.1, -0.05) is 6.07 Å². The van der Waals surface area contributed by atoms with Gasteiger partial charge >= 0.3 is 12.2 Å². The summed E-state index contributed by atoms with van der Waals surface area (Å²) in [5.74, 6) is -0.258. The highest BCUT2D eigenvalue weighted by Gasteiger charge is 2.52. The van der Waals surface area contributed by atoms with E-state index in [-0.39, 0.29) is 59.9 Å². The van der Waals surface area contributed by atoms with Crippen molar-refractivity contribution in [3.8, 4) is 6.07 Å². The Hall–Kier alpha value is -5.16. The average molecular weight is 879 g/mol. The third-order valence-electron chi connectivity index (χ3n) is 12.7. The zero-order valence-corrected chi connectivity index (χ0v) is 36.4. The lowest BCUT2D eigenvalue weighted by Crippen LogP contribution is -2.61. The number of nitriles is 1. The van der Waals surface area contributed by atoms with E-state index >= 15 is 0 Å². The van der Waals surface area contributed by atoms with Crippen LogP contribution in [0.5, 0.6) is 0 Å². The second-order valence-electron chi connectivity index (χ2n) is 17.2. The maximum atomic E-state index is 13.8. The van der Waals surface area contributed by atoms with Gasteiger partial charge in [0.25, 0.3) is 5.91 Å². The topological polar surface area (TPSA) is 159 Å². The number of halogens is 3. The van der Waals surface area contributed by atoms with Crippen molar-refractivity contribution in [2.24, 2.45) is 7.05 Å². The molecule has 0 bridgehead atoms. The number of aryl methyl sites for hydroxylation is 1. The third kappa shape index (κ3) is 8.74. The lowest BCUT2D eigenvalue weighted by atomic mass is 9.89. The van der Waals surface area contributed by atoms with Crippen LogP contribution in [-0.4, -0.2) is 129 Å². The predicted molar refractivity (Wildman–Crippen MR) is 231 cm³/mol. The number of fused-ring (bicyclic) bond motifs is 1. The molecule has 2 aromatic carbocycles. The van der Waals surface area contributed by atoms with Crippen LogP contribution in [-0.2, 0) is 32.3 Å². The highest BCUT2D eigenvalue weighted by molar-refractivity contribution is 7.80. The van der Waals surface area contributed by atoms with Crippen LogP contribution in [0.2, 0.25) is 0 Å². The number of ether oxygens (including phenoxy) is 1. The number of nitrogens with zero attached hydrogens (tertiary/aromatic N) is 8. The number of anilines is 3. The molecule has 3 aliphatic heterocycles. The minimum absolute atomic E-state index is 0.0112. The Labute approximate surface area is 364 Å². The summed E-state index contributed by atoms with van der Waals surface area (Å²) < 4.78 is 49.3. The summed E-state index contributed by atoms with van der Waals surface area (Å²) in [5, 5.41) is 20.6. The molecule has 0 spiro atoms. The number of hydrogen-bond acceptors (Lipinski definition) is 11. The van der Waals surface area contributed by atoms with E-state index in [0.717, 1.165) is 78.8 Å². The zero-order chi connectivity index (χ0) is 44.7. The number of thiocarbonyl (C=S) groups is 1. The first-order chi connectivity index (χ1) is 29.4. The standard InChI is InChI=1S/C43H53F3N10O5S/c1-26-23-52(24-27(2)54(26)31(25-57)22-48-35-9-6-8-33-37(35)51(5)50-38(33)53-18-16-36(58)49-40(53)60)17-7-19-61-32-14-12-29(13-15-32)56-41(62)55(39(59)42(56,3)4)30-11-10-28(21-47)34(20-30)43(44,45)46/h6,8-11,20,25-27,29,31-32,48H,7,12-19,22-24H2,1-5H3,(H,49,58,60)/t26-,27+,29?,31?,32?. The molecule has 1 aromatic heterocycles. The first kappa shape index (κ1) is 44.9. The van der Waals surface area contributed by atoms with Gasteiger partial charge in [-0.25, -0.2) is 4.79 Å². The molecule has 332 valence electrons. The van der Waals surface area contributed by atoms with Crippen molar-refractivity contribution >= 4 is 69.6 Å². The number of alkyl halides is 3. The van der Waals surface area contributed by atoms with Crippen molar-refractivity contribution in [1.82, 2.24) is 29.8 Å². The largest absolute Gasteiger partial charge is 0.417 e. The summed E-state index contributed by atoms with van der Waals surface area (Å²) in [6.07, 6.45) is 0.224. The van der Waals surface area contributed by atoms with Crippen LogP contribution < -0.4 is 20.4 Å². The van der Waals surface area contributed by atoms with Crippen molar-refractivity contribution in [2.75, 3.05) is 54.4 Å². The highest BCUT2D eigenvalue weighted by atomic mass is 32.1. The Balaban J connectivity index is 0.874. The maximum absolute atomic E-state index is 13.8. The van der Waals surface area contributed by atoms with Crippen molar-refractivity contribution < 1.29 is 37.1 Å². The lowest BCUT2D eigenvalue weighted by molar-refractivity contribution is -0.137. The minimum Gasteiger partial charge on any atom is -0.381 e. The molecule has 62 heavy (non-hydrogen) atoms. The maximum Gasteiger partial charge on any atom is 0.417 e. The van der Waals surface area contributed by atoms with Crippen molar-refractivity contribution in [3.05, 3.63) is 47.5 Å².